The van der Waals surface area contributed by atoms with Gasteiger partial charge in [-0.1, -0.05) is 62.3 Å². The third-order valence-corrected chi connectivity index (χ3v) is 35.6. The summed E-state index contributed by atoms with van der Waals surface area (Å²) in [5.74, 6) is 1.75. The molecule has 0 saturated heterocycles. The monoisotopic (exact) mass is 970 g/mol. The van der Waals surface area contributed by atoms with E-state index in [1.54, 1.807) is 0 Å². The molecule has 51 heavy (non-hydrogen) atoms. The first kappa shape index (κ1) is 48.9. The second-order valence-corrected chi connectivity index (χ2v) is 36.1. The Bertz CT molecular complexity index is 1410. The Kier molecular flexibility index (Phi) is 19.3. The molecule has 0 bridgehead atoms. The second kappa shape index (κ2) is 20.1. The van der Waals surface area contributed by atoms with Crippen LogP contribution in [-0.4, -0.2) is 61.5 Å². The van der Waals surface area contributed by atoms with Crippen LogP contribution >= 0.6 is 42.1 Å². The molecule has 1 aromatic heterocycles. The van der Waals surface area contributed by atoms with Gasteiger partial charge in [0.1, 0.15) is 6.53 Å². The van der Waals surface area contributed by atoms with Gasteiger partial charge in [-0.05, 0) is 36.3 Å². The summed E-state index contributed by atoms with van der Waals surface area (Å²) in [5.41, 5.74) is 9.12. The van der Waals surface area contributed by atoms with Gasteiger partial charge in [0.25, 0.3) is 0 Å². The van der Waals surface area contributed by atoms with E-state index in [2.05, 4.69) is 218 Å². The maximum Gasteiger partial charge on any atom is -0.0140 e. The zero-order valence-corrected chi connectivity index (χ0v) is 43.8. The molecule has 285 valence electrons. The Morgan fingerprint density at radius 3 is 1.02 bits per heavy atom. The predicted molar refractivity (Wildman–Crippen MR) is 252 cm³/mol. The van der Waals surface area contributed by atoms with Crippen LogP contribution in [0.15, 0.2) is 52.8 Å². The average Bonchev–Trinajstić information content (AvgIpc) is 3.37. The van der Waals surface area contributed by atoms with E-state index >= 15 is 0 Å². The Hall–Kier alpha value is -0.164. The van der Waals surface area contributed by atoms with Gasteiger partial charge in [-0.3, -0.25) is 0 Å². The molecule has 0 amide bonds. The number of imidazole rings is 1. The molecule has 0 unspecified atom stereocenters. The van der Waals surface area contributed by atoms with Crippen LogP contribution in [0.2, 0.25) is 15.1 Å². The number of hydrogen-bond donors (Lipinski definition) is 0. The Morgan fingerprint density at radius 1 is 0.608 bits per heavy atom. The van der Waals surface area contributed by atoms with Crippen molar-refractivity contribution in [2.45, 2.75) is 156 Å². The smallest absolute Gasteiger partial charge is 0.0140 e. The fourth-order valence-electron chi connectivity index (χ4n) is 8.35. The maximum atomic E-state index is 5.12. The number of rotatable bonds is 8. The van der Waals surface area contributed by atoms with Gasteiger partial charge in [0, 0.05) is 0 Å². The van der Waals surface area contributed by atoms with Crippen molar-refractivity contribution < 1.29 is 0 Å². The summed E-state index contributed by atoms with van der Waals surface area (Å²) in [4.78, 5) is 2.00. The third kappa shape index (κ3) is 11.9. The van der Waals surface area contributed by atoms with Gasteiger partial charge < -0.3 is 4.90 Å². The summed E-state index contributed by atoms with van der Waals surface area (Å²) < 4.78 is 9.81. The van der Waals surface area contributed by atoms with E-state index in [4.69, 9.17) is 3.98 Å². The van der Waals surface area contributed by atoms with Crippen LogP contribution in [0.5, 0.6) is 0 Å². The first-order valence-corrected chi connectivity index (χ1v) is 31.5. The molecule has 0 aliphatic heterocycles. The standard InChI is InChI=1S/C27H36N3.C12H28ISi2.C3H9N.Al.HI/c1-17(2)21-11-9-12-22(18(3)4)25(21)29-15-16-30(27(29)28)26-23(19(5)6)13-10-14-24(26)20(7)8;1-10(2,3)15(14-13,11(4,5)6)12(7,8)9;1-4(2)3;;/h9-20H,1-8H3;14H,1-9H3;1-3H3;;1H/q-1;;;+3;/p-1. The summed E-state index contributed by atoms with van der Waals surface area (Å²) in [5, 5.41) is 1.50. The second-order valence-electron chi connectivity index (χ2n) is 18.8. The van der Waals surface area contributed by atoms with Crippen molar-refractivity contribution in [3.05, 3.63) is 76.7 Å². The van der Waals surface area contributed by atoms with Crippen molar-refractivity contribution in [1.29, 1.82) is 0 Å². The molecule has 0 aliphatic rings. The molecular weight excluding hydrogens is 897 g/mol. The minimum absolute atomic E-state index is 0.0638. The van der Waals surface area contributed by atoms with Crippen LogP contribution in [0.25, 0.3) is 11.4 Å². The number of para-hydroxylation sites is 2. The van der Waals surface area contributed by atoms with Gasteiger partial charge in [-0.2, -0.15) is 0 Å². The number of nitrogens with zero attached hydrogens (tertiary/aromatic N) is 4. The largest absolute Gasteiger partial charge is 0.312 e. The predicted octanol–water partition coefficient (Wildman–Crippen LogP) is 12.9. The van der Waals surface area contributed by atoms with Crippen molar-refractivity contribution in [1.82, 2.24) is 14.0 Å². The minimum Gasteiger partial charge on any atom is -0.312 e. The molecule has 9 heteroatoms. The molecule has 3 aromatic rings. The van der Waals surface area contributed by atoms with Crippen molar-refractivity contribution in [2.24, 2.45) is 3.98 Å². The van der Waals surface area contributed by atoms with Gasteiger partial charge in [0.05, 0.1) is 7.59 Å². The topological polar surface area (TPSA) is 25.5 Å². The Morgan fingerprint density at radius 2 is 0.863 bits per heavy atom. The van der Waals surface area contributed by atoms with E-state index in [9.17, 15) is 0 Å². The van der Waals surface area contributed by atoms with Crippen LogP contribution in [0.1, 0.15) is 164 Å². The molecule has 0 aliphatic carbocycles. The number of benzene rings is 2. The zero-order valence-electron chi connectivity index (χ0n) is 36.1. The fraction of sp³-hybridized carbons (Fsp3) is 0.643. The van der Waals surface area contributed by atoms with Crippen LogP contribution in [-0.2, 0) is 0 Å². The normalized spacial score (nSPS) is 12.6. The molecule has 0 saturated carbocycles. The molecule has 0 N–H and O–H groups in total. The van der Waals surface area contributed by atoms with Gasteiger partial charge in [-0.15, -0.1) is 21.8 Å². The van der Waals surface area contributed by atoms with Gasteiger partial charge in [0.2, 0.25) is 0 Å². The van der Waals surface area contributed by atoms with Crippen molar-refractivity contribution in [3.63, 3.8) is 0 Å². The maximum absolute atomic E-state index is 5.12. The Labute approximate surface area is 348 Å². The van der Waals surface area contributed by atoms with Crippen molar-refractivity contribution in [2.75, 3.05) is 21.1 Å². The number of halogens is 2. The molecule has 1 heterocycles. The van der Waals surface area contributed by atoms with E-state index in [0.29, 0.717) is 45.3 Å². The third-order valence-electron chi connectivity index (χ3n) is 9.84. The SMILES string of the molecule is CC(C)(C)[Si]([SiH]I)(C(C)(C)C)C(C)(C)C.CC(C)c1cccc(C(C)C)c1-n1ccn(-c2c(C(C)C)cccc2C(C)C)c1=[N][Al+][I].CN(C)C. The molecular formula is C42H73AlI2N4Si2+. The summed E-state index contributed by atoms with van der Waals surface area (Å²) >= 11 is 5.10. The first-order valence-electron chi connectivity index (χ1n) is 18.8. The quantitative estimate of drug-likeness (QED) is 0.125. The number of aromatic nitrogens is 2. The molecule has 1 radical (unpaired) electrons. The zero-order chi connectivity index (χ0) is 39.9. The minimum atomic E-state index is -1.30. The fourth-order valence-corrected chi connectivity index (χ4v) is 45.3. The summed E-state index contributed by atoms with van der Waals surface area (Å²) in [6, 6.07) is 13.5. The molecule has 2 aromatic carbocycles. The first-order chi connectivity index (χ1) is 23.2. The molecule has 4 nitrogen and oxygen atoms in total. The Balaban J connectivity index is 0.000000572. The van der Waals surface area contributed by atoms with Crippen LogP contribution in [0.3, 0.4) is 0 Å². The van der Waals surface area contributed by atoms with E-state index < -0.39 is 7.59 Å². The molecule has 0 atom stereocenters. The molecule has 0 spiro atoms. The van der Waals surface area contributed by atoms with E-state index in [1.807, 2.05) is 26.0 Å². The van der Waals surface area contributed by atoms with Gasteiger partial charge >= 0.3 is 213 Å². The van der Waals surface area contributed by atoms with Crippen LogP contribution in [0.4, 0.5) is 0 Å². The van der Waals surface area contributed by atoms with Crippen LogP contribution in [0, 0.1) is 0 Å². The van der Waals surface area contributed by atoms with E-state index in [-0.39, 0.29) is 12.2 Å². The van der Waals surface area contributed by atoms with Crippen LogP contribution < -0.4 is 5.62 Å². The van der Waals surface area contributed by atoms with Crippen molar-refractivity contribution >= 4 is 68.4 Å². The summed E-state index contributed by atoms with van der Waals surface area (Å²) in [7, 11) is 4.70. The van der Waals surface area contributed by atoms with E-state index in [0.717, 1.165) is 5.62 Å². The number of hydrogen-bond acceptors (Lipinski definition) is 2. The van der Waals surface area contributed by atoms with Crippen molar-refractivity contribution in [3.8, 4) is 11.4 Å². The average molecular weight is 971 g/mol. The summed E-state index contributed by atoms with van der Waals surface area (Å²) in [6.07, 6.45) is 4.44. The molecule has 3 rings (SSSR count). The van der Waals surface area contributed by atoms with Gasteiger partial charge in [0.15, 0.2) is 0 Å². The van der Waals surface area contributed by atoms with E-state index in [1.165, 1.54) is 33.6 Å². The summed E-state index contributed by atoms with van der Waals surface area (Å²) in [6.45, 7) is 41.1. The van der Waals surface area contributed by atoms with Gasteiger partial charge in [-0.25, -0.2) is 0 Å². The molecule has 0 fully saturated rings.